The summed E-state index contributed by atoms with van der Waals surface area (Å²) in [5, 5.41) is 20.0. The van der Waals surface area contributed by atoms with Gasteiger partial charge in [0, 0.05) is 13.8 Å². The van der Waals surface area contributed by atoms with Crippen LogP contribution in [0, 0.1) is 0 Å². The van der Waals surface area contributed by atoms with E-state index in [0.29, 0.717) is 4.48 Å². The molecule has 0 spiro atoms. The maximum absolute atomic E-state index is 9.99. The SMILES string of the molecule is CCCCCCCCCCCC[N+](CC)(C(C)O)C(C)O. The second kappa shape index (κ2) is 12.4. The molecule has 2 unspecified atom stereocenters. The summed E-state index contributed by atoms with van der Waals surface area (Å²) in [5.41, 5.74) is 0. The van der Waals surface area contributed by atoms with Crippen molar-refractivity contribution in [2.45, 2.75) is 104 Å². The molecule has 0 aromatic heterocycles. The van der Waals surface area contributed by atoms with E-state index >= 15 is 0 Å². The van der Waals surface area contributed by atoms with Crippen LogP contribution < -0.4 is 0 Å². The molecule has 0 amide bonds. The van der Waals surface area contributed by atoms with Gasteiger partial charge in [0.15, 0.2) is 12.5 Å². The van der Waals surface area contributed by atoms with Crippen molar-refractivity contribution in [2.24, 2.45) is 0 Å². The molecule has 128 valence electrons. The molecule has 0 aliphatic carbocycles. The lowest BCUT2D eigenvalue weighted by atomic mass is 10.1. The molecule has 0 aliphatic rings. The Morgan fingerprint density at radius 3 is 1.38 bits per heavy atom. The lowest BCUT2D eigenvalue weighted by Gasteiger charge is -2.42. The van der Waals surface area contributed by atoms with Gasteiger partial charge < -0.3 is 10.2 Å². The minimum atomic E-state index is -0.492. The van der Waals surface area contributed by atoms with E-state index < -0.39 is 12.5 Å². The molecule has 0 heterocycles. The molecule has 0 saturated heterocycles. The quantitative estimate of drug-likeness (QED) is 0.283. The average molecular weight is 303 g/mol. The van der Waals surface area contributed by atoms with Gasteiger partial charge in [0.1, 0.15) is 0 Å². The molecule has 2 N–H and O–H groups in total. The summed E-state index contributed by atoms with van der Waals surface area (Å²) < 4.78 is 0.414. The van der Waals surface area contributed by atoms with Gasteiger partial charge in [0.05, 0.1) is 13.1 Å². The van der Waals surface area contributed by atoms with Crippen LogP contribution in [0.4, 0.5) is 0 Å². The minimum absolute atomic E-state index is 0.414. The zero-order valence-electron chi connectivity index (χ0n) is 15.0. The van der Waals surface area contributed by atoms with Crippen molar-refractivity contribution < 1.29 is 14.7 Å². The van der Waals surface area contributed by atoms with E-state index in [1.54, 1.807) is 13.8 Å². The number of aliphatic hydroxyl groups is 2. The summed E-state index contributed by atoms with van der Waals surface area (Å²) in [6, 6.07) is 0. The van der Waals surface area contributed by atoms with Gasteiger partial charge in [-0.25, -0.2) is 0 Å². The Bertz CT molecular complexity index is 221. The van der Waals surface area contributed by atoms with Gasteiger partial charge in [-0.05, 0) is 19.8 Å². The van der Waals surface area contributed by atoms with Gasteiger partial charge in [-0.3, -0.25) is 4.48 Å². The molecular weight excluding hydrogens is 262 g/mol. The Morgan fingerprint density at radius 2 is 1.05 bits per heavy atom. The fourth-order valence-corrected chi connectivity index (χ4v) is 3.27. The van der Waals surface area contributed by atoms with Gasteiger partial charge in [-0.2, -0.15) is 0 Å². The predicted octanol–water partition coefficient (Wildman–Crippen LogP) is 4.42. The third-order valence-corrected chi connectivity index (χ3v) is 5.01. The van der Waals surface area contributed by atoms with E-state index in [9.17, 15) is 10.2 Å². The Labute approximate surface area is 133 Å². The van der Waals surface area contributed by atoms with Crippen LogP contribution in [0.2, 0.25) is 0 Å². The molecule has 0 radical (unpaired) electrons. The van der Waals surface area contributed by atoms with E-state index in [-0.39, 0.29) is 0 Å². The first-order chi connectivity index (χ1) is 10.0. The molecule has 3 nitrogen and oxygen atoms in total. The normalized spacial score (nSPS) is 17.4. The topological polar surface area (TPSA) is 40.5 Å². The van der Waals surface area contributed by atoms with Gasteiger partial charge in [0.2, 0.25) is 0 Å². The maximum atomic E-state index is 9.99. The first-order valence-corrected chi connectivity index (χ1v) is 9.23. The van der Waals surface area contributed by atoms with Crippen LogP contribution in [-0.4, -0.2) is 40.2 Å². The van der Waals surface area contributed by atoms with Crippen LogP contribution in [0.3, 0.4) is 0 Å². The Kier molecular flexibility index (Phi) is 12.4. The molecule has 0 bridgehead atoms. The molecule has 0 aromatic rings. The predicted molar refractivity (Wildman–Crippen MR) is 90.9 cm³/mol. The lowest BCUT2D eigenvalue weighted by molar-refractivity contribution is -1.00. The molecular formula is C18H40NO2+. The number of rotatable bonds is 14. The largest absolute Gasteiger partial charge is 0.345 e. The van der Waals surface area contributed by atoms with Crippen LogP contribution in [0.25, 0.3) is 0 Å². The molecule has 2 atom stereocenters. The van der Waals surface area contributed by atoms with Crippen molar-refractivity contribution in [3.8, 4) is 0 Å². The zero-order chi connectivity index (χ0) is 16.1. The van der Waals surface area contributed by atoms with E-state index in [2.05, 4.69) is 13.8 Å². The fraction of sp³-hybridized carbons (Fsp3) is 1.00. The lowest BCUT2D eigenvalue weighted by Crippen LogP contribution is -2.60. The minimum Gasteiger partial charge on any atom is -0.345 e. The molecule has 0 aromatic carbocycles. The smallest absolute Gasteiger partial charge is 0.189 e. The number of unbranched alkanes of at least 4 members (excludes halogenated alkanes) is 9. The average Bonchev–Trinajstić information content (AvgIpc) is 2.44. The van der Waals surface area contributed by atoms with E-state index in [1.165, 1.54) is 57.8 Å². The third-order valence-electron chi connectivity index (χ3n) is 5.01. The zero-order valence-corrected chi connectivity index (χ0v) is 15.0. The first-order valence-electron chi connectivity index (χ1n) is 9.23. The highest BCUT2D eigenvalue weighted by molar-refractivity contribution is 4.50. The first kappa shape index (κ1) is 20.9. The van der Waals surface area contributed by atoms with E-state index in [0.717, 1.165) is 19.5 Å². The van der Waals surface area contributed by atoms with Crippen LogP contribution in [-0.2, 0) is 0 Å². The van der Waals surface area contributed by atoms with Crippen molar-refractivity contribution >= 4 is 0 Å². The maximum Gasteiger partial charge on any atom is 0.189 e. The summed E-state index contributed by atoms with van der Waals surface area (Å²) in [4.78, 5) is 0. The summed E-state index contributed by atoms with van der Waals surface area (Å²) in [5.74, 6) is 0. The van der Waals surface area contributed by atoms with Gasteiger partial charge in [0.25, 0.3) is 0 Å². The molecule has 0 rings (SSSR count). The van der Waals surface area contributed by atoms with Gasteiger partial charge >= 0.3 is 0 Å². The Balaban J connectivity index is 3.68. The van der Waals surface area contributed by atoms with Crippen molar-refractivity contribution in [1.29, 1.82) is 0 Å². The van der Waals surface area contributed by atoms with Crippen LogP contribution in [0.15, 0.2) is 0 Å². The molecule has 0 aliphatic heterocycles. The highest BCUT2D eigenvalue weighted by Gasteiger charge is 2.35. The van der Waals surface area contributed by atoms with Crippen molar-refractivity contribution in [2.75, 3.05) is 13.1 Å². The Morgan fingerprint density at radius 1 is 0.667 bits per heavy atom. The summed E-state index contributed by atoms with van der Waals surface area (Å²) in [6.07, 6.45) is 12.2. The summed E-state index contributed by atoms with van der Waals surface area (Å²) >= 11 is 0. The highest BCUT2D eigenvalue weighted by atomic mass is 16.3. The van der Waals surface area contributed by atoms with Gasteiger partial charge in [-0.1, -0.05) is 58.3 Å². The third kappa shape index (κ3) is 8.18. The number of aliphatic hydroxyl groups excluding tert-OH is 2. The molecule has 3 heteroatoms. The van der Waals surface area contributed by atoms with Crippen molar-refractivity contribution in [1.82, 2.24) is 0 Å². The van der Waals surface area contributed by atoms with Crippen molar-refractivity contribution in [3.05, 3.63) is 0 Å². The van der Waals surface area contributed by atoms with E-state index in [4.69, 9.17) is 0 Å². The number of hydrogen-bond acceptors (Lipinski definition) is 2. The fourth-order valence-electron chi connectivity index (χ4n) is 3.27. The number of quaternary nitrogens is 1. The molecule has 21 heavy (non-hydrogen) atoms. The Hall–Kier alpha value is -0.120. The summed E-state index contributed by atoms with van der Waals surface area (Å²) in [6.45, 7) is 9.57. The van der Waals surface area contributed by atoms with Crippen LogP contribution in [0.1, 0.15) is 91.9 Å². The van der Waals surface area contributed by atoms with Gasteiger partial charge in [-0.15, -0.1) is 0 Å². The monoisotopic (exact) mass is 302 g/mol. The summed E-state index contributed by atoms with van der Waals surface area (Å²) in [7, 11) is 0. The number of nitrogens with zero attached hydrogens (tertiary/aromatic N) is 1. The van der Waals surface area contributed by atoms with Crippen LogP contribution >= 0.6 is 0 Å². The second-order valence-electron chi connectivity index (χ2n) is 6.59. The molecule has 0 saturated carbocycles. The second-order valence-corrected chi connectivity index (χ2v) is 6.59. The van der Waals surface area contributed by atoms with E-state index in [1.807, 2.05) is 0 Å². The highest BCUT2D eigenvalue weighted by Crippen LogP contribution is 2.19. The number of hydrogen-bond donors (Lipinski definition) is 2. The molecule has 0 fully saturated rings. The van der Waals surface area contributed by atoms with Crippen LogP contribution in [0.5, 0.6) is 0 Å². The van der Waals surface area contributed by atoms with Crippen molar-refractivity contribution in [3.63, 3.8) is 0 Å². The standard InChI is InChI=1S/C18H40NO2/c1-5-7-8-9-10-11-12-13-14-15-16-19(6-2,17(3)20)18(4)21/h17-18,20-21H,5-16H2,1-4H3/q+1.